The summed E-state index contributed by atoms with van der Waals surface area (Å²) < 4.78 is 2.87. The number of carboxylic acids is 1. The van der Waals surface area contributed by atoms with Crippen LogP contribution in [0.5, 0.6) is 0 Å². The van der Waals surface area contributed by atoms with E-state index in [1.54, 1.807) is 11.3 Å². The number of para-hydroxylation sites is 2. The predicted octanol–water partition coefficient (Wildman–Crippen LogP) is 6.23. The van der Waals surface area contributed by atoms with E-state index in [9.17, 15) is 9.90 Å². The second-order valence-electron chi connectivity index (χ2n) is 6.92. The van der Waals surface area contributed by atoms with E-state index in [1.807, 2.05) is 89.1 Å². The number of nitrogens with zero attached hydrogens (tertiary/aromatic N) is 3. The van der Waals surface area contributed by atoms with Gasteiger partial charge in [-0.05, 0) is 47.4 Å². The topological polar surface area (TPSA) is 68.0 Å². The van der Waals surface area contributed by atoms with Crippen LogP contribution >= 0.6 is 22.7 Å². The van der Waals surface area contributed by atoms with Crippen LogP contribution in [0.15, 0.2) is 78.3 Å². The van der Waals surface area contributed by atoms with E-state index in [4.69, 9.17) is 5.10 Å². The molecule has 31 heavy (non-hydrogen) atoms. The Bertz CT molecular complexity index is 1350. The molecule has 5 nitrogen and oxygen atoms in total. The number of fused-ring (bicyclic) bond motifs is 1. The molecule has 0 bridgehead atoms. The molecular formula is C24H17N3O2S2. The molecule has 0 unspecified atom stereocenters. The van der Waals surface area contributed by atoms with Crippen molar-refractivity contribution in [2.24, 2.45) is 0 Å². The minimum absolute atomic E-state index is 0.111. The third-order valence-corrected chi connectivity index (χ3v) is 6.75. The van der Waals surface area contributed by atoms with Gasteiger partial charge < -0.3 is 5.11 Å². The molecule has 0 spiro atoms. The lowest BCUT2D eigenvalue weighted by atomic mass is 10.1. The molecule has 0 saturated heterocycles. The third kappa shape index (κ3) is 4.05. The molecule has 0 saturated carbocycles. The number of carboxylic acid groups (broad SMARTS) is 1. The number of rotatable bonds is 6. The molecular weight excluding hydrogens is 426 g/mol. The van der Waals surface area contributed by atoms with Gasteiger partial charge in [0.15, 0.2) is 0 Å². The summed E-state index contributed by atoms with van der Waals surface area (Å²) in [6.07, 6.45) is 3.74. The Kier molecular flexibility index (Phi) is 5.19. The van der Waals surface area contributed by atoms with Crippen molar-refractivity contribution in [2.75, 3.05) is 0 Å². The van der Waals surface area contributed by atoms with Crippen molar-refractivity contribution < 1.29 is 9.90 Å². The summed E-state index contributed by atoms with van der Waals surface area (Å²) in [6.45, 7) is 0. The zero-order valence-corrected chi connectivity index (χ0v) is 17.9. The van der Waals surface area contributed by atoms with Crippen LogP contribution in [0.3, 0.4) is 0 Å². The Morgan fingerprint density at radius 1 is 1.03 bits per heavy atom. The molecule has 0 atom stereocenters. The molecule has 0 aliphatic rings. The number of carbonyl (C=O) groups is 1. The van der Waals surface area contributed by atoms with Crippen LogP contribution in [0.2, 0.25) is 0 Å². The van der Waals surface area contributed by atoms with Crippen LogP contribution < -0.4 is 0 Å². The van der Waals surface area contributed by atoms with Crippen LogP contribution in [-0.2, 0) is 4.79 Å². The standard InChI is InChI=1S/C24H17N3O2S2/c28-22(29)14-16(24-25-19-9-4-5-10-20(19)31-24)13-17-15-27(18-7-2-1-3-8-18)26-23(17)21-11-6-12-30-21/h1-13,15H,14H2,(H,28,29). The van der Waals surface area contributed by atoms with Crippen LogP contribution in [0.25, 0.3) is 38.1 Å². The maximum atomic E-state index is 11.6. The number of benzene rings is 2. The summed E-state index contributed by atoms with van der Waals surface area (Å²) in [5.74, 6) is -0.890. The normalized spacial score (nSPS) is 11.8. The van der Waals surface area contributed by atoms with Crippen LogP contribution in [-0.4, -0.2) is 25.8 Å². The first-order valence-electron chi connectivity index (χ1n) is 9.64. The van der Waals surface area contributed by atoms with Crippen LogP contribution in [0.1, 0.15) is 17.0 Å². The smallest absolute Gasteiger partial charge is 0.307 e. The lowest BCUT2D eigenvalue weighted by Gasteiger charge is -2.01. The maximum Gasteiger partial charge on any atom is 0.307 e. The molecule has 2 aromatic carbocycles. The van der Waals surface area contributed by atoms with Crippen LogP contribution in [0.4, 0.5) is 0 Å². The van der Waals surface area contributed by atoms with Gasteiger partial charge >= 0.3 is 5.97 Å². The summed E-state index contributed by atoms with van der Waals surface area (Å²) >= 11 is 3.11. The highest BCUT2D eigenvalue weighted by Gasteiger charge is 2.17. The summed E-state index contributed by atoms with van der Waals surface area (Å²) in [5, 5.41) is 17.1. The first-order chi connectivity index (χ1) is 15.2. The maximum absolute atomic E-state index is 11.6. The molecule has 0 aliphatic carbocycles. The van der Waals surface area contributed by atoms with E-state index in [-0.39, 0.29) is 6.42 Å². The van der Waals surface area contributed by atoms with Gasteiger partial charge in [0.05, 0.1) is 27.2 Å². The number of hydrogen-bond donors (Lipinski definition) is 1. The van der Waals surface area contributed by atoms with Gasteiger partial charge in [0, 0.05) is 11.8 Å². The molecule has 3 heterocycles. The highest BCUT2D eigenvalue weighted by Crippen LogP contribution is 2.34. The first kappa shape index (κ1) is 19.4. The average molecular weight is 444 g/mol. The van der Waals surface area contributed by atoms with Gasteiger partial charge in [-0.1, -0.05) is 36.4 Å². The average Bonchev–Trinajstić information content (AvgIpc) is 3.52. The molecule has 1 N–H and O–H groups in total. The van der Waals surface area contributed by atoms with Crippen molar-refractivity contribution in [1.29, 1.82) is 0 Å². The van der Waals surface area contributed by atoms with Gasteiger partial charge in [-0.15, -0.1) is 22.7 Å². The molecule has 7 heteroatoms. The zero-order chi connectivity index (χ0) is 21.2. The Hall–Kier alpha value is -3.55. The summed E-state index contributed by atoms with van der Waals surface area (Å²) in [7, 11) is 0. The molecule has 5 aromatic rings. The van der Waals surface area contributed by atoms with E-state index >= 15 is 0 Å². The Morgan fingerprint density at radius 2 is 1.84 bits per heavy atom. The predicted molar refractivity (Wildman–Crippen MR) is 127 cm³/mol. The SMILES string of the molecule is O=C(O)CC(=Cc1cn(-c2ccccc2)nc1-c1cccs1)c1nc2ccccc2s1. The van der Waals surface area contributed by atoms with Crippen LogP contribution in [0, 0.1) is 0 Å². The summed E-state index contributed by atoms with van der Waals surface area (Å²) in [4.78, 5) is 17.4. The summed E-state index contributed by atoms with van der Waals surface area (Å²) in [6, 6.07) is 21.7. The van der Waals surface area contributed by atoms with Gasteiger partial charge in [-0.2, -0.15) is 5.10 Å². The highest BCUT2D eigenvalue weighted by molar-refractivity contribution is 7.19. The quantitative estimate of drug-likeness (QED) is 0.338. The minimum Gasteiger partial charge on any atom is -0.481 e. The first-order valence-corrected chi connectivity index (χ1v) is 11.3. The number of thiophene rings is 1. The van der Waals surface area contributed by atoms with Crippen molar-refractivity contribution in [1.82, 2.24) is 14.8 Å². The van der Waals surface area contributed by atoms with E-state index in [0.29, 0.717) is 10.6 Å². The third-order valence-electron chi connectivity index (χ3n) is 4.76. The number of hydrogen-bond acceptors (Lipinski definition) is 5. The molecule has 0 amide bonds. The number of aliphatic carboxylic acids is 1. The molecule has 152 valence electrons. The van der Waals surface area contributed by atoms with Gasteiger partial charge in [0.25, 0.3) is 0 Å². The fourth-order valence-corrected chi connectivity index (χ4v) is 5.07. The molecule has 0 radical (unpaired) electrons. The fourth-order valence-electron chi connectivity index (χ4n) is 3.36. The van der Waals surface area contributed by atoms with Gasteiger partial charge in [0.2, 0.25) is 0 Å². The lowest BCUT2D eigenvalue weighted by molar-refractivity contribution is -0.135. The zero-order valence-electron chi connectivity index (χ0n) is 16.3. The van der Waals surface area contributed by atoms with Crippen molar-refractivity contribution >= 4 is 50.5 Å². The molecule has 3 aromatic heterocycles. The van der Waals surface area contributed by atoms with E-state index < -0.39 is 5.97 Å². The molecule has 0 fully saturated rings. The fraction of sp³-hybridized carbons (Fsp3) is 0.0417. The second-order valence-corrected chi connectivity index (χ2v) is 8.90. The molecule has 0 aliphatic heterocycles. The van der Waals surface area contributed by atoms with E-state index in [2.05, 4.69) is 4.98 Å². The largest absolute Gasteiger partial charge is 0.481 e. The van der Waals surface area contributed by atoms with Gasteiger partial charge in [-0.25, -0.2) is 9.67 Å². The van der Waals surface area contributed by atoms with Crippen molar-refractivity contribution in [3.05, 3.63) is 88.9 Å². The van der Waals surface area contributed by atoms with Crippen molar-refractivity contribution in [3.63, 3.8) is 0 Å². The second kappa shape index (κ2) is 8.29. The lowest BCUT2D eigenvalue weighted by Crippen LogP contribution is -1.97. The number of aromatic nitrogens is 3. The van der Waals surface area contributed by atoms with Gasteiger partial charge in [0.1, 0.15) is 10.7 Å². The van der Waals surface area contributed by atoms with E-state index in [0.717, 1.165) is 32.0 Å². The monoisotopic (exact) mass is 443 g/mol. The van der Waals surface area contributed by atoms with Crippen molar-refractivity contribution in [2.45, 2.75) is 6.42 Å². The minimum atomic E-state index is -0.890. The Morgan fingerprint density at radius 3 is 2.58 bits per heavy atom. The highest BCUT2D eigenvalue weighted by atomic mass is 32.1. The summed E-state index contributed by atoms with van der Waals surface area (Å²) in [5.41, 5.74) is 4.17. The van der Waals surface area contributed by atoms with Gasteiger partial charge in [-0.3, -0.25) is 4.79 Å². The Labute approximate surface area is 186 Å². The molecule has 5 rings (SSSR count). The van der Waals surface area contributed by atoms with Crippen molar-refractivity contribution in [3.8, 4) is 16.3 Å². The van der Waals surface area contributed by atoms with E-state index in [1.165, 1.54) is 11.3 Å². The number of thiazole rings is 1. The Balaban J connectivity index is 1.66.